The molecule has 1 aliphatic rings. The van der Waals surface area contributed by atoms with Crippen molar-refractivity contribution in [3.63, 3.8) is 0 Å². The van der Waals surface area contributed by atoms with E-state index in [2.05, 4.69) is 38.7 Å². The molecule has 4 aromatic rings. The number of carbonyl (C=O) groups excluding carboxylic acids is 1. The number of benzene rings is 3. The zero-order valence-electron chi connectivity index (χ0n) is 20.2. The molecule has 0 aliphatic heterocycles. The number of rotatable bonds is 7. The van der Waals surface area contributed by atoms with Crippen LogP contribution in [0.4, 0.5) is 10.1 Å². The fourth-order valence-corrected chi connectivity index (χ4v) is 5.30. The Kier molecular flexibility index (Phi) is 7.13. The number of hydrogen-bond donors (Lipinski definition) is 1. The lowest BCUT2D eigenvalue weighted by atomic mass is 9.84. The summed E-state index contributed by atoms with van der Waals surface area (Å²) in [7, 11) is 2.66. The van der Waals surface area contributed by atoms with Gasteiger partial charge in [-0.25, -0.2) is 14.2 Å². The lowest BCUT2D eigenvalue weighted by Crippen LogP contribution is -2.06. The van der Waals surface area contributed by atoms with Gasteiger partial charge in [-0.2, -0.15) is 0 Å². The molecule has 1 saturated carbocycles. The molecule has 5 rings (SSSR count). The van der Waals surface area contributed by atoms with Crippen LogP contribution in [0.2, 0.25) is 0 Å². The number of oxazole rings is 1. The Bertz CT molecular complexity index is 1380. The SMILES string of the molecule is COC(=O)c1cc(OC)c(NSc2ccc3oc(-c4ccc(C5CCCCC5)cc4)nc3c2)cc1F. The Morgan fingerprint density at radius 3 is 2.56 bits per heavy atom. The molecule has 1 aliphatic carbocycles. The van der Waals surface area contributed by atoms with Crippen LogP contribution >= 0.6 is 11.9 Å². The van der Waals surface area contributed by atoms with Crippen LogP contribution in [-0.4, -0.2) is 25.2 Å². The number of methoxy groups -OCH3 is 2. The van der Waals surface area contributed by atoms with Crippen molar-refractivity contribution < 1.29 is 23.1 Å². The summed E-state index contributed by atoms with van der Waals surface area (Å²) in [5.74, 6) is 0.105. The first-order valence-electron chi connectivity index (χ1n) is 12.0. The normalized spacial score (nSPS) is 14.1. The molecule has 0 atom stereocenters. The fourth-order valence-electron chi connectivity index (χ4n) is 4.61. The van der Waals surface area contributed by atoms with E-state index in [1.54, 1.807) is 0 Å². The average molecular weight is 507 g/mol. The molecule has 6 nitrogen and oxygen atoms in total. The maximum absolute atomic E-state index is 14.4. The number of halogens is 1. The molecule has 0 radical (unpaired) electrons. The van der Waals surface area contributed by atoms with Crippen LogP contribution in [0.25, 0.3) is 22.6 Å². The van der Waals surface area contributed by atoms with Crippen molar-refractivity contribution in [1.29, 1.82) is 0 Å². The second-order valence-electron chi connectivity index (χ2n) is 8.83. The van der Waals surface area contributed by atoms with Gasteiger partial charge < -0.3 is 18.6 Å². The number of aromatic nitrogens is 1. The van der Waals surface area contributed by atoms with E-state index in [9.17, 15) is 9.18 Å². The Balaban J connectivity index is 1.31. The van der Waals surface area contributed by atoms with Gasteiger partial charge in [-0.1, -0.05) is 31.4 Å². The molecule has 1 heterocycles. The summed E-state index contributed by atoms with van der Waals surface area (Å²) in [5, 5.41) is 0. The summed E-state index contributed by atoms with van der Waals surface area (Å²) in [4.78, 5) is 17.3. The fraction of sp³-hybridized carbons (Fsp3) is 0.286. The summed E-state index contributed by atoms with van der Waals surface area (Å²) in [6.45, 7) is 0. The molecule has 1 N–H and O–H groups in total. The molecule has 0 spiro atoms. The Hall–Kier alpha value is -3.52. The zero-order chi connectivity index (χ0) is 25.1. The molecule has 0 unspecified atom stereocenters. The molecule has 0 bridgehead atoms. The highest BCUT2D eigenvalue weighted by atomic mass is 32.2. The Morgan fingerprint density at radius 2 is 1.83 bits per heavy atom. The highest BCUT2D eigenvalue weighted by molar-refractivity contribution is 8.00. The van der Waals surface area contributed by atoms with E-state index in [4.69, 9.17) is 9.15 Å². The van der Waals surface area contributed by atoms with Gasteiger partial charge in [0.15, 0.2) is 5.58 Å². The molecule has 186 valence electrons. The third kappa shape index (κ3) is 5.04. The molecule has 36 heavy (non-hydrogen) atoms. The van der Waals surface area contributed by atoms with E-state index in [1.807, 2.05) is 18.2 Å². The number of esters is 1. The predicted octanol–water partition coefficient (Wildman–Crippen LogP) is 7.60. The molecular formula is C28H27FN2O4S. The number of fused-ring (bicyclic) bond motifs is 1. The van der Waals surface area contributed by atoms with Crippen LogP contribution in [0, 0.1) is 5.82 Å². The maximum atomic E-state index is 14.4. The highest BCUT2D eigenvalue weighted by Crippen LogP contribution is 2.35. The minimum Gasteiger partial charge on any atom is -0.495 e. The third-order valence-electron chi connectivity index (χ3n) is 6.57. The first kappa shape index (κ1) is 24.2. The summed E-state index contributed by atoms with van der Waals surface area (Å²) in [5.41, 5.74) is 3.97. The quantitative estimate of drug-likeness (QED) is 0.204. The van der Waals surface area contributed by atoms with Crippen molar-refractivity contribution in [1.82, 2.24) is 4.98 Å². The first-order chi connectivity index (χ1) is 17.6. The topological polar surface area (TPSA) is 73.6 Å². The highest BCUT2D eigenvalue weighted by Gasteiger charge is 2.18. The monoisotopic (exact) mass is 506 g/mol. The van der Waals surface area contributed by atoms with Crippen molar-refractivity contribution in [3.8, 4) is 17.2 Å². The van der Waals surface area contributed by atoms with Gasteiger partial charge in [0.05, 0.1) is 25.5 Å². The van der Waals surface area contributed by atoms with Crippen LogP contribution in [-0.2, 0) is 4.74 Å². The van der Waals surface area contributed by atoms with Crippen LogP contribution in [0.15, 0.2) is 63.9 Å². The number of hydrogen-bond acceptors (Lipinski definition) is 7. The van der Waals surface area contributed by atoms with E-state index in [1.165, 1.54) is 76.0 Å². The van der Waals surface area contributed by atoms with Gasteiger partial charge in [-0.05, 0) is 72.7 Å². The first-order valence-corrected chi connectivity index (χ1v) is 12.8. The number of anilines is 1. The summed E-state index contributed by atoms with van der Waals surface area (Å²) >= 11 is 1.27. The smallest absolute Gasteiger partial charge is 0.340 e. The van der Waals surface area contributed by atoms with E-state index in [-0.39, 0.29) is 5.56 Å². The molecule has 0 saturated heterocycles. The second kappa shape index (κ2) is 10.6. The van der Waals surface area contributed by atoms with Crippen molar-refractivity contribution in [2.24, 2.45) is 0 Å². The minimum atomic E-state index is -0.763. The van der Waals surface area contributed by atoms with Crippen LogP contribution in [0.1, 0.15) is 53.9 Å². The van der Waals surface area contributed by atoms with Gasteiger partial charge in [0, 0.05) is 16.5 Å². The van der Waals surface area contributed by atoms with Gasteiger partial charge >= 0.3 is 5.97 Å². The summed E-state index contributed by atoms with van der Waals surface area (Å²) < 4.78 is 33.4. The maximum Gasteiger partial charge on any atom is 0.340 e. The molecule has 3 aromatic carbocycles. The zero-order valence-corrected chi connectivity index (χ0v) is 21.0. The van der Waals surface area contributed by atoms with E-state index in [0.29, 0.717) is 28.8 Å². The minimum absolute atomic E-state index is 0.187. The summed E-state index contributed by atoms with van der Waals surface area (Å²) in [6.07, 6.45) is 6.51. The van der Waals surface area contributed by atoms with Crippen LogP contribution in [0.3, 0.4) is 0 Å². The van der Waals surface area contributed by atoms with Gasteiger partial charge in [-0.3, -0.25) is 0 Å². The molecule has 1 fully saturated rings. The van der Waals surface area contributed by atoms with Crippen molar-refractivity contribution in [3.05, 3.63) is 71.5 Å². The molecule has 0 amide bonds. The Labute approximate surface area is 213 Å². The number of ether oxygens (including phenoxy) is 2. The number of nitrogens with zero attached hydrogens (tertiary/aromatic N) is 1. The Morgan fingerprint density at radius 1 is 1.06 bits per heavy atom. The van der Waals surface area contributed by atoms with Crippen molar-refractivity contribution in [2.75, 3.05) is 18.9 Å². The van der Waals surface area contributed by atoms with E-state index < -0.39 is 11.8 Å². The van der Waals surface area contributed by atoms with Gasteiger partial charge in [0.25, 0.3) is 0 Å². The average Bonchev–Trinajstić information content (AvgIpc) is 3.35. The van der Waals surface area contributed by atoms with Gasteiger partial charge in [-0.15, -0.1) is 0 Å². The van der Waals surface area contributed by atoms with Crippen molar-refractivity contribution >= 4 is 34.7 Å². The largest absolute Gasteiger partial charge is 0.495 e. The number of carbonyl (C=O) groups is 1. The lowest BCUT2D eigenvalue weighted by Gasteiger charge is -2.21. The standard InChI is InChI=1S/C28H27FN2O4S/c1-33-26-15-21(28(32)34-2)22(29)16-24(26)31-36-20-12-13-25-23(14-20)30-27(35-25)19-10-8-18(9-11-19)17-6-4-3-5-7-17/h8-17,31H,3-7H2,1-2H3. The lowest BCUT2D eigenvalue weighted by molar-refractivity contribution is 0.0595. The second-order valence-corrected chi connectivity index (χ2v) is 9.71. The van der Waals surface area contributed by atoms with Crippen molar-refractivity contribution in [2.45, 2.75) is 42.9 Å². The molecule has 8 heteroatoms. The number of nitrogens with one attached hydrogen (secondary N) is 1. The van der Waals surface area contributed by atoms with E-state index in [0.717, 1.165) is 16.0 Å². The van der Waals surface area contributed by atoms with Crippen LogP contribution < -0.4 is 9.46 Å². The van der Waals surface area contributed by atoms with Crippen LogP contribution in [0.5, 0.6) is 5.75 Å². The molecule has 1 aromatic heterocycles. The summed E-state index contributed by atoms with van der Waals surface area (Å²) in [6, 6.07) is 16.8. The van der Waals surface area contributed by atoms with Gasteiger partial charge in [0.1, 0.15) is 17.1 Å². The molecular weight excluding hydrogens is 479 g/mol. The third-order valence-corrected chi connectivity index (χ3v) is 7.38. The van der Waals surface area contributed by atoms with Gasteiger partial charge in [0.2, 0.25) is 5.89 Å². The predicted molar refractivity (Wildman–Crippen MR) is 139 cm³/mol. The van der Waals surface area contributed by atoms with E-state index >= 15 is 0 Å².